The Labute approximate surface area is 203 Å². The van der Waals surface area contributed by atoms with Crippen LogP contribution in [0.2, 0.25) is 0 Å². The zero-order chi connectivity index (χ0) is 23.1. The molecule has 3 N–H and O–H groups in total. The Hall–Kier alpha value is -3.02. The molecule has 1 saturated carbocycles. The van der Waals surface area contributed by atoms with Gasteiger partial charge in [0.25, 0.3) is 0 Å². The number of piperidine rings is 1. The highest BCUT2D eigenvalue weighted by molar-refractivity contribution is 6.09. The molecule has 3 aromatic carbocycles. The van der Waals surface area contributed by atoms with E-state index >= 15 is 0 Å². The molecule has 35 heavy (non-hydrogen) atoms. The average molecular weight is 465 g/mol. The van der Waals surface area contributed by atoms with E-state index in [2.05, 4.69) is 52.3 Å². The van der Waals surface area contributed by atoms with E-state index in [4.69, 9.17) is 4.74 Å². The molecule has 0 unspecified atom stereocenters. The van der Waals surface area contributed by atoms with Gasteiger partial charge < -0.3 is 19.9 Å². The summed E-state index contributed by atoms with van der Waals surface area (Å²) in [5, 5.41) is 27.5. The molecule has 1 saturated heterocycles. The number of aromatic amines is 1. The molecule has 0 amide bonds. The lowest BCUT2D eigenvalue weighted by Crippen LogP contribution is -2.74. The number of nitrogens with zero attached hydrogens (tertiary/aromatic N) is 1. The van der Waals surface area contributed by atoms with Gasteiger partial charge >= 0.3 is 0 Å². The van der Waals surface area contributed by atoms with E-state index in [0.29, 0.717) is 12.2 Å². The SMILES string of the molecule is Oc1ccc2c3c1O[C@H]1c4[nH]c5ccc6ccccc6c5c4C[C@@]4(O)[C@@H](C2)N(CC2CC2)CC[C@]314. The first-order valence-corrected chi connectivity index (χ1v) is 13.1. The highest BCUT2D eigenvalue weighted by atomic mass is 16.5. The van der Waals surface area contributed by atoms with Gasteiger partial charge in [-0.15, -0.1) is 0 Å². The lowest BCUT2D eigenvalue weighted by molar-refractivity contribution is -0.173. The van der Waals surface area contributed by atoms with Gasteiger partial charge in [0.1, 0.15) is 0 Å². The first-order valence-electron chi connectivity index (χ1n) is 13.1. The average Bonchev–Trinajstić information content (AvgIpc) is 3.49. The summed E-state index contributed by atoms with van der Waals surface area (Å²) in [5.74, 6) is 1.56. The highest BCUT2D eigenvalue weighted by Gasteiger charge is 2.72. The number of fused-ring (bicyclic) bond motifs is 6. The van der Waals surface area contributed by atoms with Crippen LogP contribution in [0.3, 0.4) is 0 Å². The summed E-state index contributed by atoms with van der Waals surface area (Å²) in [5.41, 5.74) is 4.19. The number of hydrogen-bond donors (Lipinski definition) is 3. The van der Waals surface area contributed by atoms with Crippen molar-refractivity contribution in [3.63, 3.8) is 0 Å². The Morgan fingerprint density at radius 2 is 1.97 bits per heavy atom. The quantitative estimate of drug-likeness (QED) is 0.401. The molecule has 2 aliphatic heterocycles. The van der Waals surface area contributed by atoms with Crippen LogP contribution < -0.4 is 4.74 Å². The molecule has 4 atom stereocenters. The largest absolute Gasteiger partial charge is 0.504 e. The standard InChI is InChI=1S/C30H28N2O3/c33-22-10-8-18-13-23-30(34)14-20-24-19-4-2-1-3-17(19)7-9-21(24)31-26(20)28-29(30,25(18)27(22)35-28)11-12-32(23)15-16-5-6-16/h1-4,7-10,16,23,28,31,33-34H,5-6,11-15H2/t23-,28+,29+,30-/m1/s1. The number of hydrogen-bond acceptors (Lipinski definition) is 4. The molecule has 2 fully saturated rings. The maximum atomic E-state index is 13.0. The Bertz CT molecular complexity index is 1590. The third-order valence-corrected chi connectivity index (χ3v) is 10.0. The van der Waals surface area contributed by atoms with Gasteiger partial charge in [-0.25, -0.2) is 0 Å². The van der Waals surface area contributed by atoms with E-state index in [-0.39, 0.29) is 17.9 Å². The van der Waals surface area contributed by atoms with E-state index < -0.39 is 11.0 Å². The molecule has 1 spiro atoms. The number of phenolic OH excluding ortho intramolecular Hbond substituents is 1. The minimum atomic E-state index is -0.948. The minimum absolute atomic E-state index is 0.0546. The second kappa shape index (κ2) is 6.03. The minimum Gasteiger partial charge on any atom is -0.504 e. The molecule has 176 valence electrons. The number of aliphatic hydroxyl groups is 1. The number of benzene rings is 3. The second-order valence-electron chi connectivity index (χ2n) is 11.7. The van der Waals surface area contributed by atoms with Crippen molar-refractivity contribution in [2.45, 2.75) is 55.3 Å². The van der Waals surface area contributed by atoms with Crippen LogP contribution in [-0.4, -0.2) is 44.8 Å². The Morgan fingerprint density at radius 3 is 2.86 bits per heavy atom. The predicted molar refractivity (Wildman–Crippen MR) is 134 cm³/mol. The number of likely N-dealkylation sites (tertiary alicyclic amines) is 1. The Kier molecular flexibility index (Phi) is 3.31. The number of rotatable bonds is 2. The lowest BCUT2D eigenvalue weighted by Gasteiger charge is -2.62. The molecule has 5 heteroatoms. The normalized spacial score (nSPS) is 32.5. The Morgan fingerprint density at radius 1 is 1.09 bits per heavy atom. The zero-order valence-electron chi connectivity index (χ0n) is 19.6. The molecular weight excluding hydrogens is 436 g/mol. The van der Waals surface area contributed by atoms with Gasteiger partial charge in [-0.05, 0) is 72.2 Å². The summed E-state index contributed by atoms with van der Waals surface area (Å²) in [6.45, 7) is 2.05. The maximum absolute atomic E-state index is 13.0. The van der Waals surface area contributed by atoms with Crippen LogP contribution in [0.25, 0.3) is 21.7 Å². The number of nitrogens with one attached hydrogen (secondary N) is 1. The molecule has 5 aliphatic rings. The van der Waals surface area contributed by atoms with Crippen LogP contribution in [0.4, 0.5) is 0 Å². The van der Waals surface area contributed by atoms with Crippen LogP contribution in [0.1, 0.15) is 47.8 Å². The van der Waals surface area contributed by atoms with Crippen molar-refractivity contribution in [3.8, 4) is 11.5 Å². The van der Waals surface area contributed by atoms with E-state index in [9.17, 15) is 10.2 Å². The number of phenols is 1. The third kappa shape index (κ3) is 2.11. The van der Waals surface area contributed by atoms with Crippen molar-refractivity contribution < 1.29 is 14.9 Å². The van der Waals surface area contributed by atoms with Crippen LogP contribution in [0.15, 0.2) is 48.5 Å². The number of aromatic nitrogens is 1. The first kappa shape index (κ1) is 19.2. The van der Waals surface area contributed by atoms with Gasteiger partial charge in [0.15, 0.2) is 17.6 Å². The molecule has 3 heterocycles. The predicted octanol–water partition coefficient (Wildman–Crippen LogP) is 4.73. The molecule has 1 aromatic heterocycles. The highest BCUT2D eigenvalue weighted by Crippen LogP contribution is 2.69. The van der Waals surface area contributed by atoms with Crippen molar-refractivity contribution in [1.29, 1.82) is 0 Å². The fourth-order valence-corrected chi connectivity index (χ4v) is 8.40. The second-order valence-corrected chi connectivity index (χ2v) is 11.7. The van der Waals surface area contributed by atoms with Crippen LogP contribution in [0.5, 0.6) is 11.5 Å². The third-order valence-electron chi connectivity index (χ3n) is 10.0. The van der Waals surface area contributed by atoms with Gasteiger partial charge in [0.05, 0.1) is 16.7 Å². The molecule has 2 bridgehead atoms. The van der Waals surface area contributed by atoms with Crippen LogP contribution in [0, 0.1) is 5.92 Å². The van der Waals surface area contributed by atoms with Gasteiger partial charge in [-0.3, -0.25) is 4.90 Å². The van der Waals surface area contributed by atoms with Gasteiger partial charge in [0, 0.05) is 35.5 Å². The molecule has 4 aromatic rings. The number of ether oxygens (including phenoxy) is 1. The first-order chi connectivity index (χ1) is 17.1. The van der Waals surface area contributed by atoms with Crippen LogP contribution in [-0.2, 0) is 18.3 Å². The van der Waals surface area contributed by atoms with E-state index in [1.165, 1.54) is 40.1 Å². The summed E-state index contributed by atoms with van der Waals surface area (Å²) in [6, 6.07) is 16.8. The van der Waals surface area contributed by atoms with Gasteiger partial charge in [-0.1, -0.05) is 36.4 Å². The summed E-state index contributed by atoms with van der Waals surface area (Å²) in [7, 11) is 0. The molecule has 0 radical (unpaired) electrons. The Balaban J connectivity index is 1.36. The van der Waals surface area contributed by atoms with Crippen molar-refractivity contribution in [1.82, 2.24) is 9.88 Å². The van der Waals surface area contributed by atoms with E-state index in [0.717, 1.165) is 48.6 Å². The maximum Gasteiger partial charge on any atom is 0.166 e. The summed E-state index contributed by atoms with van der Waals surface area (Å²) in [4.78, 5) is 6.32. The monoisotopic (exact) mass is 464 g/mol. The fourth-order valence-electron chi connectivity index (χ4n) is 8.40. The van der Waals surface area contributed by atoms with Crippen molar-refractivity contribution >= 4 is 21.7 Å². The van der Waals surface area contributed by atoms with Gasteiger partial charge in [0.2, 0.25) is 0 Å². The van der Waals surface area contributed by atoms with Crippen molar-refractivity contribution in [2.75, 3.05) is 13.1 Å². The topological polar surface area (TPSA) is 68.7 Å². The van der Waals surface area contributed by atoms with Gasteiger partial charge in [-0.2, -0.15) is 0 Å². The molecular formula is C30H28N2O3. The van der Waals surface area contributed by atoms with E-state index in [1.807, 2.05) is 0 Å². The molecule has 3 aliphatic carbocycles. The lowest BCUT2D eigenvalue weighted by atomic mass is 9.49. The zero-order valence-corrected chi connectivity index (χ0v) is 19.6. The fraction of sp³-hybridized carbons (Fsp3) is 0.400. The number of aromatic hydroxyl groups is 1. The smallest absolute Gasteiger partial charge is 0.166 e. The molecule has 5 nitrogen and oxygen atoms in total. The summed E-state index contributed by atoms with van der Waals surface area (Å²) >= 11 is 0. The molecule has 9 rings (SSSR count). The van der Waals surface area contributed by atoms with Crippen LogP contribution >= 0.6 is 0 Å². The summed E-state index contributed by atoms with van der Waals surface area (Å²) in [6.07, 6.45) is 4.56. The van der Waals surface area contributed by atoms with Crippen molar-refractivity contribution in [2.24, 2.45) is 5.92 Å². The van der Waals surface area contributed by atoms with E-state index in [1.54, 1.807) is 6.07 Å². The van der Waals surface area contributed by atoms with Crippen molar-refractivity contribution in [3.05, 3.63) is 70.9 Å². The number of H-pyrrole nitrogens is 1. The summed E-state index contributed by atoms with van der Waals surface area (Å²) < 4.78 is 6.71.